The summed E-state index contributed by atoms with van der Waals surface area (Å²) in [6.45, 7) is 5.95. The van der Waals surface area contributed by atoms with E-state index in [1.54, 1.807) is 22.8 Å². The molecule has 0 spiro atoms. The van der Waals surface area contributed by atoms with Crippen molar-refractivity contribution in [3.05, 3.63) is 6.20 Å². The molecule has 7 heteroatoms. The average Bonchev–Trinajstić information content (AvgIpc) is 2.64. The first-order chi connectivity index (χ1) is 8.86. The van der Waals surface area contributed by atoms with E-state index in [2.05, 4.69) is 10.4 Å². The van der Waals surface area contributed by atoms with E-state index in [0.717, 1.165) is 0 Å². The van der Waals surface area contributed by atoms with Crippen LogP contribution in [0.2, 0.25) is 0 Å². The average molecular weight is 266 g/mol. The van der Waals surface area contributed by atoms with Gasteiger partial charge in [-0.25, -0.2) is 0 Å². The van der Waals surface area contributed by atoms with Crippen LogP contribution < -0.4 is 10.1 Å². The van der Waals surface area contributed by atoms with E-state index < -0.39 is 0 Å². The van der Waals surface area contributed by atoms with E-state index in [-0.39, 0.29) is 17.6 Å². The van der Waals surface area contributed by atoms with Crippen molar-refractivity contribution < 1.29 is 14.3 Å². The lowest BCUT2D eigenvalue weighted by atomic mass is 9.85. The molecule has 1 N–H and O–H groups in total. The largest absolute Gasteiger partial charge is 0.467 e. The number of anilines is 1. The molecule has 1 aromatic heterocycles. The van der Waals surface area contributed by atoms with Gasteiger partial charge in [0.1, 0.15) is 11.8 Å². The molecule has 0 aliphatic carbocycles. The molecule has 0 radical (unpaired) electrons. The summed E-state index contributed by atoms with van der Waals surface area (Å²) in [7, 11) is 1.75. The van der Waals surface area contributed by atoms with Crippen molar-refractivity contribution in [1.82, 2.24) is 14.7 Å². The first kappa shape index (κ1) is 13.4. The molecular formula is C12H18N4O3. The number of aromatic nitrogens is 2. The first-order valence-electron chi connectivity index (χ1n) is 6.05. The summed E-state index contributed by atoms with van der Waals surface area (Å²) >= 11 is 0. The summed E-state index contributed by atoms with van der Waals surface area (Å²) in [6, 6.07) is 0. The Morgan fingerprint density at radius 2 is 2.32 bits per heavy atom. The Bertz CT molecular complexity index is 509. The number of rotatable bonds is 4. The van der Waals surface area contributed by atoms with E-state index in [1.807, 2.05) is 13.8 Å². The summed E-state index contributed by atoms with van der Waals surface area (Å²) < 4.78 is 7.37. The Morgan fingerprint density at radius 3 is 2.84 bits per heavy atom. The fourth-order valence-corrected chi connectivity index (χ4v) is 2.25. The number of ether oxygens (including phenoxy) is 1. The van der Waals surface area contributed by atoms with E-state index >= 15 is 0 Å². The van der Waals surface area contributed by atoms with Gasteiger partial charge in [-0.1, -0.05) is 0 Å². The van der Waals surface area contributed by atoms with E-state index in [4.69, 9.17) is 4.74 Å². The minimum atomic E-state index is -0.373. The molecular weight excluding hydrogens is 248 g/mol. The third-order valence-electron chi connectivity index (χ3n) is 3.48. The highest BCUT2D eigenvalue weighted by atomic mass is 16.5. The van der Waals surface area contributed by atoms with Crippen molar-refractivity contribution in [1.29, 1.82) is 0 Å². The van der Waals surface area contributed by atoms with Crippen LogP contribution in [0.1, 0.15) is 20.8 Å². The van der Waals surface area contributed by atoms with Gasteiger partial charge in [-0.2, -0.15) is 0 Å². The Morgan fingerprint density at radius 1 is 1.63 bits per heavy atom. The van der Waals surface area contributed by atoms with Crippen LogP contribution in [0.25, 0.3) is 0 Å². The number of carbonyl (C=O) groups excluding carboxylic acids is 2. The normalized spacial score (nSPS) is 20.6. The lowest BCUT2D eigenvalue weighted by molar-refractivity contribution is -0.158. The summed E-state index contributed by atoms with van der Waals surface area (Å²) in [5.74, 6) is 0.396. The number of hydrogen-bond donors (Lipinski definition) is 1. The van der Waals surface area contributed by atoms with Gasteiger partial charge in [-0.05, 0) is 13.8 Å². The second-order valence-corrected chi connectivity index (χ2v) is 5.17. The van der Waals surface area contributed by atoms with Crippen LogP contribution in [0.3, 0.4) is 0 Å². The van der Waals surface area contributed by atoms with Crippen LogP contribution in [0.4, 0.5) is 5.69 Å². The van der Waals surface area contributed by atoms with Crippen LogP contribution in [0, 0.1) is 0 Å². The molecule has 0 aromatic carbocycles. The molecule has 2 amide bonds. The fraction of sp³-hybridized carbons (Fsp3) is 0.583. The zero-order valence-electron chi connectivity index (χ0n) is 11.5. The van der Waals surface area contributed by atoms with Crippen molar-refractivity contribution >= 4 is 18.0 Å². The zero-order valence-corrected chi connectivity index (χ0v) is 11.5. The maximum Gasteiger partial charge on any atom is 0.257 e. The highest BCUT2D eigenvalue weighted by Crippen LogP contribution is 2.35. The molecule has 104 valence electrons. The van der Waals surface area contributed by atoms with Crippen LogP contribution in [-0.2, 0) is 16.6 Å². The maximum absolute atomic E-state index is 11.4. The molecule has 19 heavy (non-hydrogen) atoms. The Labute approximate surface area is 111 Å². The number of nitrogens with one attached hydrogen (secondary N) is 1. The number of nitrogens with zero attached hydrogens (tertiary/aromatic N) is 3. The van der Waals surface area contributed by atoms with Crippen LogP contribution in [0.15, 0.2) is 6.20 Å². The van der Waals surface area contributed by atoms with Gasteiger partial charge in [0, 0.05) is 14.0 Å². The highest BCUT2D eigenvalue weighted by molar-refractivity contribution is 5.76. The molecule has 0 saturated carbocycles. The van der Waals surface area contributed by atoms with Gasteiger partial charge in [-0.15, -0.1) is 5.10 Å². The van der Waals surface area contributed by atoms with E-state index in [0.29, 0.717) is 24.5 Å². The molecule has 2 heterocycles. The van der Waals surface area contributed by atoms with Crippen LogP contribution in [0.5, 0.6) is 5.88 Å². The topological polar surface area (TPSA) is 76.5 Å². The smallest absolute Gasteiger partial charge is 0.257 e. The van der Waals surface area contributed by atoms with Gasteiger partial charge in [0.2, 0.25) is 12.3 Å². The Kier molecular flexibility index (Phi) is 3.21. The lowest BCUT2D eigenvalue weighted by Gasteiger charge is -2.53. The minimum absolute atomic E-state index is 0.0251. The number of hydrogen-bond acceptors (Lipinski definition) is 4. The molecule has 2 rings (SSSR count). The van der Waals surface area contributed by atoms with Crippen molar-refractivity contribution in [3.8, 4) is 5.88 Å². The second kappa shape index (κ2) is 4.56. The Balaban J connectivity index is 2.11. The Hall–Kier alpha value is -2.05. The molecule has 0 bridgehead atoms. The van der Waals surface area contributed by atoms with Gasteiger partial charge < -0.3 is 15.0 Å². The number of aryl methyl sites for hydroxylation is 1. The van der Waals surface area contributed by atoms with Gasteiger partial charge in [0.05, 0.1) is 18.3 Å². The van der Waals surface area contributed by atoms with Crippen molar-refractivity contribution in [2.75, 3.05) is 11.9 Å². The second-order valence-electron chi connectivity index (χ2n) is 5.17. The van der Waals surface area contributed by atoms with E-state index in [1.165, 1.54) is 6.92 Å². The molecule has 1 aromatic rings. The number of likely N-dealkylation sites (tertiary alicyclic amines) is 1. The molecule has 1 atom stereocenters. The molecule has 1 aliphatic heterocycles. The molecule has 7 nitrogen and oxygen atoms in total. The zero-order chi connectivity index (χ0) is 14.2. The number of carbonyl (C=O) groups is 2. The summed E-state index contributed by atoms with van der Waals surface area (Å²) in [5, 5.41) is 6.70. The standard InChI is InChI=1S/C12H18N4O3/c1-8(18)16-6-10(12(16,2)3)19-11-9(13-7-17)5-15(4)14-11/h5,7,10H,6H2,1-4H3,(H,13,17). The van der Waals surface area contributed by atoms with Gasteiger partial charge in [0.25, 0.3) is 5.88 Å². The summed E-state index contributed by atoms with van der Waals surface area (Å²) in [6.07, 6.45) is 2.11. The molecule has 1 saturated heterocycles. The summed E-state index contributed by atoms with van der Waals surface area (Å²) in [5.41, 5.74) is 0.150. The predicted molar refractivity (Wildman–Crippen MR) is 68.8 cm³/mol. The van der Waals surface area contributed by atoms with Crippen LogP contribution >= 0.6 is 0 Å². The van der Waals surface area contributed by atoms with Crippen molar-refractivity contribution in [2.24, 2.45) is 7.05 Å². The third kappa shape index (κ3) is 2.27. The quantitative estimate of drug-likeness (QED) is 0.799. The summed E-state index contributed by atoms with van der Waals surface area (Å²) in [4.78, 5) is 23.7. The lowest BCUT2D eigenvalue weighted by Crippen LogP contribution is -2.70. The van der Waals surface area contributed by atoms with Crippen molar-refractivity contribution in [3.63, 3.8) is 0 Å². The first-order valence-corrected chi connectivity index (χ1v) is 6.05. The number of amides is 2. The van der Waals surface area contributed by atoms with Crippen LogP contribution in [-0.4, -0.2) is 45.2 Å². The molecule has 1 fully saturated rings. The van der Waals surface area contributed by atoms with Crippen molar-refractivity contribution in [2.45, 2.75) is 32.4 Å². The minimum Gasteiger partial charge on any atom is -0.467 e. The van der Waals surface area contributed by atoms with E-state index in [9.17, 15) is 9.59 Å². The molecule has 1 aliphatic rings. The van der Waals surface area contributed by atoms with Gasteiger partial charge in [-0.3, -0.25) is 14.3 Å². The SMILES string of the molecule is CC(=O)N1CC(Oc2nn(C)cc2NC=O)C1(C)C. The van der Waals surface area contributed by atoms with Gasteiger partial charge in [0.15, 0.2) is 0 Å². The third-order valence-corrected chi connectivity index (χ3v) is 3.48. The van der Waals surface area contributed by atoms with Gasteiger partial charge >= 0.3 is 0 Å². The molecule has 1 unspecified atom stereocenters. The monoisotopic (exact) mass is 266 g/mol. The predicted octanol–water partition coefficient (Wildman–Crippen LogP) is 0.376. The maximum atomic E-state index is 11.4. The highest BCUT2D eigenvalue weighted by Gasteiger charge is 2.50. The fourth-order valence-electron chi connectivity index (χ4n) is 2.25.